The Kier molecular flexibility index (Phi) is 5.71. The maximum absolute atomic E-state index is 12.0. The Hall–Kier alpha value is -2.09. The number of alkyl halides is 3. The zero-order chi connectivity index (χ0) is 16.0. The van der Waals surface area contributed by atoms with Crippen molar-refractivity contribution in [3.8, 4) is 0 Å². The van der Waals surface area contributed by atoms with Crippen LogP contribution in [0.25, 0.3) is 0 Å². The molecule has 0 fully saturated rings. The molecule has 2 N–H and O–H groups in total. The van der Waals surface area contributed by atoms with Crippen LogP contribution >= 0.6 is 0 Å². The second-order valence-corrected chi connectivity index (χ2v) is 4.21. The van der Waals surface area contributed by atoms with E-state index in [4.69, 9.17) is 0 Å². The van der Waals surface area contributed by atoms with E-state index in [1.165, 1.54) is 38.2 Å². The summed E-state index contributed by atoms with van der Waals surface area (Å²) >= 11 is 0. The summed E-state index contributed by atoms with van der Waals surface area (Å²) in [6, 6.07) is 5.91. The second-order valence-electron chi connectivity index (χ2n) is 4.21. The van der Waals surface area contributed by atoms with Crippen molar-refractivity contribution >= 4 is 17.5 Å². The summed E-state index contributed by atoms with van der Waals surface area (Å²) < 4.78 is 40.3. The Morgan fingerprint density at radius 2 is 1.81 bits per heavy atom. The first-order valence-corrected chi connectivity index (χ1v) is 6.04. The number of nitrogens with one attached hydrogen (secondary N) is 2. The lowest BCUT2D eigenvalue weighted by molar-refractivity contribution is -0.184. The molecule has 116 valence electrons. The molecule has 0 spiro atoms. The zero-order valence-electron chi connectivity index (χ0n) is 11.5. The lowest BCUT2D eigenvalue weighted by Crippen LogP contribution is -2.31. The number of amides is 2. The first-order chi connectivity index (χ1) is 9.73. The number of rotatable bonds is 5. The topological polar surface area (TPSA) is 67.4 Å². The molecule has 1 rings (SSSR count). The molecule has 0 aliphatic rings. The van der Waals surface area contributed by atoms with Gasteiger partial charge in [0.05, 0.1) is 0 Å². The van der Waals surface area contributed by atoms with E-state index < -0.39 is 24.8 Å². The third-order valence-electron chi connectivity index (χ3n) is 2.51. The van der Waals surface area contributed by atoms with Crippen LogP contribution in [0.4, 0.5) is 18.9 Å². The minimum Gasteiger partial charge on any atom is -0.359 e. The molecule has 0 saturated carbocycles. The van der Waals surface area contributed by atoms with Crippen LogP contribution in [-0.2, 0) is 9.53 Å². The maximum Gasteiger partial charge on any atom is 0.411 e. The Morgan fingerprint density at radius 1 is 1.24 bits per heavy atom. The van der Waals surface area contributed by atoms with E-state index in [0.29, 0.717) is 11.3 Å². The molecule has 0 unspecified atom stereocenters. The molecule has 1 aromatic rings. The van der Waals surface area contributed by atoms with Crippen molar-refractivity contribution in [3.05, 3.63) is 29.8 Å². The van der Waals surface area contributed by atoms with Crippen LogP contribution in [0.1, 0.15) is 17.3 Å². The van der Waals surface area contributed by atoms with Crippen LogP contribution in [0.3, 0.4) is 0 Å². The summed E-state index contributed by atoms with van der Waals surface area (Å²) in [7, 11) is 1.48. The van der Waals surface area contributed by atoms with E-state index >= 15 is 0 Å². The Labute approximate surface area is 119 Å². The lowest BCUT2D eigenvalue weighted by Gasteiger charge is -2.14. The van der Waals surface area contributed by atoms with Gasteiger partial charge in [-0.1, -0.05) is 0 Å². The van der Waals surface area contributed by atoms with Gasteiger partial charge in [-0.25, -0.2) is 0 Å². The molecule has 0 saturated heterocycles. The van der Waals surface area contributed by atoms with Crippen molar-refractivity contribution in [2.75, 3.05) is 19.0 Å². The Bertz CT molecular complexity index is 500. The average Bonchev–Trinajstić information content (AvgIpc) is 2.43. The van der Waals surface area contributed by atoms with Crippen molar-refractivity contribution in [3.63, 3.8) is 0 Å². The highest BCUT2D eigenvalue weighted by molar-refractivity contribution is 5.96. The van der Waals surface area contributed by atoms with Crippen LogP contribution in [-0.4, -0.2) is 37.7 Å². The summed E-state index contributed by atoms with van der Waals surface area (Å²) in [6.07, 6.45) is -5.73. The second kappa shape index (κ2) is 7.07. The molecule has 0 heterocycles. The summed E-state index contributed by atoms with van der Waals surface area (Å²) in [5.41, 5.74) is 0.756. The van der Waals surface area contributed by atoms with Crippen LogP contribution in [0.15, 0.2) is 24.3 Å². The smallest absolute Gasteiger partial charge is 0.359 e. The van der Waals surface area contributed by atoms with E-state index in [2.05, 4.69) is 15.4 Å². The van der Waals surface area contributed by atoms with Crippen LogP contribution in [0.2, 0.25) is 0 Å². The highest BCUT2D eigenvalue weighted by atomic mass is 19.4. The first-order valence-electron chi connectivity index (χ1n) is 6.04. The van der Waals surface area contributed by atoms with Crippen molar-refractivity contribution < 1.29 is 27.5 Å². The molecule has 1 aromatic carbocycles. The number of carbonyl (C=O) groups excluding carboxylic acids is 2. The fraction of sp³-hybridized carbons (Fsp3) is 0.385. The number of ether oxygens (including phenoxy) is 1. The molecule has 5 nitrogen and oxygen atoms in total. The fourth-order valence-corrected chi connectivity index (χ4v) is 1.39. The lowest BCUT2D eigenvalue weighted by atomic mass is 10.2. The molecule has 8 heteroatoms. The van der Waals surface area contributed by atoms with Crippen molar-refractivity contribution in [2.24, 2.45) is 0 Å². The van der Waals surface area contributed by atoms with Crippen molar-refractivity contribution in [1.29, 1.82) is 0 Å². The van der Waals surface area contributed by atoms with Gasteiger partial charge in [-0.15, -0.1) is 0 Å². The molecule has 0 aliphatic heterocycles. The first kappa shape index (κ1) is 17.0. The van der Waals surface area contributed by atoms with E-state index in [1.54, 1.807) is 0 Å². The van der Waals surface area contributed by atoms with Crippen LogP contribution in [0, 0.1) is 0 Å². The summed E-state index contributed by atoms with van der Waals surface area (Å²) in [6.45, 7) is -0.267. The van der Waals surface area contributed by atoms with Gasteiger partial charge in [0.15, 0.2) is 0 Å². The van der Waals surface area contributed by atoms with Gasteiger partial charge in [0.1, 0.15) is 12.7 Å². The monoisotopic (exact) mass is 304 g/mol. The molecule has 0 aromatic heterocycles. The maximum atomic E-state index is 12.0. The minimum atomic E-state index is -4.48. The largest absolute Gasteiger partial charge is 0.411 e. The van der Waals surface area contributed by atoms with Gasteiger partial charge in [-0.3, -0.25) is 9.59 Å². The predicted octanol–water partition coefficient (Wildman–Crippen LogP) is 1.95. The van der Waals surface area contributed by atoms with Crippen LogP contribution < -0.4 is 10.6 Å². The number of benzene rings is 1. The average molecular weight is 304 g/mol. The van der Waals surface area contributed by atoms with Gasteiger partial charge in [0, 0.05) is 18.3 Å². The van der Waals surface area contributed by atoms with Gasteiger partial charge in [0.2, 0.25) is 0 Å². The minimum absolute atomic E-state index is 0.283. The normalized spacial score (nSPS) is 12.6. The van der Waals surface area contributed by atoms with Gasteiger partial charge in [-0.2, -0.15) is 13.2 Å². The molecular weight excluding hydrogens is 289 g/mol. The van der Waals surface area contributed by atoms with Gasteiger partial charge >= 0.3 is 6.18 Å². The molecule has 0 radical (unpaired) electrons. The van der Waals surface area contributed by atoms with E-state index in [-0.39, 0.29) is 5.91 Å². The van der Waals surface area contributed by atoms with Gasteiger partial charge in [0.25, 0.3) is 11.8 Å². The van der Waals surface area contributed by atoms with Gasteiger partial charge in [-0.05, 0) is 31.2 Å². The SMILES string of the molecule is CNC(=O)c1ccc(NC(=O)[C@@H](C)OCC(F)(F)F)cc1. The Morgan fingerprint density at radius 3 is 2.29 bits per heavy atom. The van der Waals surface area contributed by atoms with Gasteiger partial charge < -0.3 is 15.4 Å². The number of halogens is 3. The quantitative estimate of drug-likeness (QED) is 0.874. The fourth-order valence-electron chi connectivity index (χ4n) is 1.39. The summed E-state index contributed by atoms with van der Waals surface area (Å²) in [5, 5.41) is 4.84. The Balaban J connectivity index is 2.56. The highest BCUT2D eigenvalue weighted by Crippen LogP contribution is 2.16. The molecule has 2 amide bonds. The summed E-state index contributed by atoms with van der Waals surface area (Å²) in [4.78, 5) is 22.9. The molecule has 21 heavy (non-hydrogen) atoms. The standard InChI is InChI=1S/C13H15F3N2O3/c1-8(21-7-13(14,15)16)11(19)18-10-5-3-9(4-6-10)12(20)17-2/h3-6,8H,7H2,1-2H3,(H,17,20)(H,18,19)/t8-/m1/s1. The van der Waals surface area contributed by atoms with Crippen LogP contribution in [0.5, 0.6) is 0 Å². The number of carbonyl (C=O) groups is 2. The number of hydrogen-bond donors (Lipinski definition) is 2. The van der Waals surface area contributed by atoms with E-state index in [1.807, 2.05) is 0 Å². The van der Waals surface area contributed by atoms with E-state index in [0.717, 1.165) is 0 Å². The van der Waals surface area contributed by atoms with Crippen molar-refractivity contribution in [2.45, 2.75) is 19.2 Å². The van der Waals surface area contributed by atoms with E-state index in [9.17, 15) is 22.8 Å². The van der Waals surface area contributed by atoms with Crippen molar-refractivity contribution in [1.82, 2.24) is 5.32 Å². The molecule has 0 aliphatic carbocycles. The predicted molar refractivity (Wildman–Crippen MR) is 69.9 cm³/mol. The third-order valence-corrected chi connectivity index (χ3v) is 2.51. The number of anilines is 1. The zero-order valence-corrected chi connectivity index (χ0v) is 11.5. The molecule has 0 bridgehead atoms. The summed E-state index contributed by atoms with van der Waals surface area (Å²) in [5.74, 6) is -0.985. The number of hydrogen-bond acceptors (Lipinski definition) is 3. The highest BCUT2D eigenvalue weighted by Gasteiger charge is 2.29. The molecule has 1 atom stereocenters. The third kappa shape index (κ3) is 5.82. The molecular formula is C13H15F3N2O3.